The van der Waals surface area contributed by atoms with Crippen LogP contribution in [0.4, 0.5) is 0 Å². The maximum Gasteiger partial charge on any atom is 0.273 e. The Bertz CT molecular complexity index is 1330. The molecule has 0 aliphatic carbocycles. The molecule has 1 N–H and O–H groups in total. The van der Waals surface area contributed by atoms with Gasteiger partial charge in [-0.15, -0.1) is 0 Å². The molecule has 1 atom stereocenters. The van der Waals surface area contributed by atoms with Crippen molar-refractivity contribution in [2.24, 2.45) is 0 Å². The van der Waals surface area contributed by atoms with Gasteiger partial charge in [0.25, 0.3) is 5.91 Å². The van der Waals surface area contributed by atoms with E-state index in [1.807, 2.05) is 77.7 Å². The van der Waals surface area contributed by atoms with Gasteiger partial charge in [-0.05, 0) is 66.1 Å². The second kappa shape index (κ2) is 10.5. The van der Waals surface area contributed by atoms with Crippen LogP contribution in [-0.4, -0.2) is 34.7 Å². The summed E-state index contributed by atoms with van der Waals surface area (Å²) in [5.41, 5.74) is 5.06. The highest BCUT2D eigenvalue weighted by molar-refractivity contribution is 6.30. The second-order valence-corrected chi connectivity index (χ2v) is 9.26. The fourth-order valence-corrected chi connectivity index (χ4v) is 4.67. The Hall–Kier alpha value is -3.77. The zero-order chi connectivity index (χ0) is 25.1. The quantitative estimate of drug-likeness (QED) is 0.260. The number of fused-ring (bicyclic) bond motifs is 1. The molecule has 1 aliphatic heterocycles. The van der Waals surface area contributed by atoms with E-state index in [0.717, 1.165) is 52.3 Å². The van der Waals surface area contributed by atoms with Crippen molar-refractivity contribution in [3.8, 4) is 22.8 Å². The van der Waals surface area contributed by atoms with Crippen molar-refractivity contribution in [2.75, 3.05) is 13.7 Å². The molecule has 36 heavy (non-hydrogen) atoms. The van der Waals surface area contributed by atoms with Gasteiger partial charge >= 0.3 is 0 Å². The zero-order valence-electron chi connectivity index (χ0n) is 20.3. The first-order valence-corrected chi connectivity index (χ1v) is 12.5. The van der Waals surface area contributed by atoms with Crippen molar-refractivity contribution in [1.82, 2.24) is 15.1 Å². The van der Waals surface area contributed by atoms with E-state index in [2.05, 4.69) is 17.1 Å². The maximum atomic E-state index is 13.6. The molecule has 6 nitrogen and oxygen atoms in total. The molecule has 1 unspecified atom stereocenters. The number of aromatic nitrogens is 2. The van der Waals surface area contributed by atoms with Crippen molar-refractivity contribution >= 4 is 17.5 Å². The number of carbonyl (C=O) groups is 1. The van der Waals surface area contributed by atoms with Gasteiger partial charge in [-0.25, -0.2) is 0 Å². The summed E-state index contributed by atoms with van der Waals surface area (Å²) in [7, 11) is 1.64. The molecule has 1 aromatic heterocycles. The molecule has 7 heteroatoms. The van der Waals surface area contributed by atoms with E-state index < -0.39 is 0 Å². The van der Waals surface area contributed by atoms with Gasteiger partial charge in [0, 0.05) is 22.7 Å². The van der Waals surface area contributed by atoms with Crippen LogP contribution in [0.1, 0.15) is 53.0 Å². The SMILES string of the molecule is CCCCOc1ccc(C2c3c(-c4ccc(OC)cc4)n[nH]c3C(=O)N2Cc2ccc(Cl)cc2)cc1. The fourth-order valence-electron chi connectivity index (χ4n) is 4.54. The lowest BCUT2D eigenvalue weighted by molar-refractivity contribution is 0.0730. The van der Waals surface area contributed by atoms with E-state index >= 15 is 0 Å². The van der Waals surface area contributed by atoms with Crippen molar-refractivity contribution in [3.05, 3.63) is 100 Å². The third-order valence-electron chi connectivity index (χ3n) is 6.46. The number of hydrogen-bond acceptors (Lipinski definition) is 4. The molecule has 0 spiro atoms. The number of rotatable bonds is 9. The van der Waals surface area contributed by atoms with Crippen LogP contribution in [-0.2, 0) is 6.54 Å². The van der Waals surface area contributed by atoms with E-state index in [1.165, 1.54) is 0 Å². The molecular weight excluding hydrogens is 474 g/mol. The summed E-state index contributed by atoms with van der Waals surface area (Å²) < 4.78 is 11.2. The number of amides is 1. The summed E-state index contributed by atoms with van der Waals surface area (Å²) >= 11 is 6.09. The van der Waals surface area contributed by atoms with Crippen molar-refractivity contribution in [2.45, 2.75) is 32.4 Å². The van der Waals surface area contributed by atoms with Crippen LogP contribution >= 0.6 is 11.6 Å². The Kier molecular flexibility index (Phi) is 6.96. The number of aromatic amines is 1. The van der Waals surface area contributed by atoms with Crippen LogP contribution in [0.2, 0.25) is 5.02 Å². The van der Waals surface area contributed by atoms with Gasteiger partial charge in [-0.1, -0.05) is 49.2 Å². The van der Waals surface area contributed by atoms with Crippen molar-refractivity contribution < 1.29 is 14.3 Å². The minimum Gasteiger partial charge on any atom is -0.497 e. The Morgan fingerprint density at radius 3 is 2.33 bits per heavy atom. The minimum absolute atomic E-state index is 0.0829. The van der Waals surface area contributed by atoms with Gasteiger partial charge in [-0.2, -0.15) is 5.10 Å². The minimum atomic E-state index is -0.302. The molecule has 4 aromatic rings. The highest BCUT2D eigenvalue weighted by Crippen LogP contribution is 2.44. The molecule has 2 heterocycles. The predicted molar refractivity (Wildman–Crippen MR) is 141 cm³/mol. The molecule has 184 valence electrons. The first kappa shape index (κ1) is 23.9. The summed E-state index contributed by atoms with van der Waals surface area (Å²) in [6, 6.07) is 23.0. The summed E-state index contributed by atoms with van der Waals surface area (Å²) in [6.07, 6.45) is 2.09. The zero-order valence-corrected chi connectivity index (χ0v) is 21.1. The Labute approximate surface area is 215 Å². The molecule has 0 radical (unpaired) electrons. The van der Waals surface area contributed by atoms with Crippen LogP contribution in [0.5, 0.6) is 11.5 Å². The Balaban J connectivity index is 1.54. The van der Waals surface area contributed by atoms with Gasteiger partial charge in [0.15, 0.2) is 0 Å². The number of carbonyl (C=O) groups excluding carboxylic acids is 1. The van der Waals surface area contributed by atoms with Crippen LogP contribution in [0.3, 0.4) is 0 Å². The molecule has 0 bridgehead atoms. The van der Waals surface area contributed by atoms with Gasteiger partial charge in [-0.3, -0.25) is 9.89 Å². The lowest BCUT2D eigenvalue weighted by Crippen LogP contribution is -2.29. The number of nitrogens with zero attached hydrogens (tertiary/aromatic N) is 2. The summed E-state index contributed by atoms with van der Waals surface area (Å²) in [4.78, 5) is 15.5. The largest absolute Gasteiger partial charge is 0.497 e. The Morgan fingerprint density at radius 2 is 1.67 bits per heavy atom. The first-order chi connectivity index (χ1) is 17.6. The van der Waals surface area contributed by atoms with E-state index in [4.69, 9.17) is 21.1 Å². The number of benzene rings is 3. The van der Waals surface area contributed by atoms with Crippen LogP contribution in [0.15, 0.2) is 72.8 Å². The van der Waals surface area contributed by atoms with Gasteiger partial charge in [0.2, 0.25) is 0 Å². The number of hydrogen-bond donors (Lipinski definition) is 1. The summed E-state index contributed by atoms with van der Waals surface area (Å²) in [5, 5.41) is 8.23. The van der Waals surface area contributed by atoms with E-state index in [1.54, 1.807) is 7.11 Å². The number of nitrogens with one attached hydrogen (secondary N) is 1. The normalized spacial score (nSPS) is 14.7. The smallest absolute Gasteiger partial charge is 0.273 e. The number of halogens is 1. The van der Waals surface area contributed by atoms with Crippen molar-refractivity contribution in [3.63, 3.8) is 0 Å². The number of H-pyrrole nitrogens is 1. The summed E-state index contributed by atoms with van der Waals surface area (Å²) in [5.74, 6) is 1.51. The number of ether oxygens (including phenoxy) is 2. The van der Waals surface area contributed by atoms with Gasteiger partial charge in [0.1, 0.15) is 17.2 Å². The third kappa shape index (κ3) is 4.69. The monoisotopic (exact) mass is 501 g/mol. The lowest BCUT2D eigenvalue weighted by atomic mass is 9.95. The average Bonchev–Trinajstić information content (AvgIpc) is 3.45. The van der Waals surface area contributed by atoms with E-state index in [9.17, 15) is 4.79 Å². The van der Waals surface area contributed by atoms with Crippen molar-refractivity contribution in [1.29, 1.82) is 0 Å². The number of methoxy groups -OCH3 is 1. The van der Waals surface area contributed by atoms with E-state index in [-0.39, 0.29) is 11.9 Å². The first-order valence-electron chi connectivity index (χ1n) is 12.1. The van der Waals surface area contributed by atoms with Gasteiger partial charge < -0.3 is 14.4 Å². The molecule has 0 saturated heterocycles. The predicted octanol–water partition coefficient (Wildman–Crippen LogP) is 6.66. The maximum absolute atomic E-state index is 13.6. The third-order valence-corrected chi connectivity index (χ3v) is 6.71. The topological polar surface area (TPSA) is 67.5 Å². The lowest BCUT2D eigenvalue weighted by Gasteiger charge is -2.27. The average molecular weight is 502 g/mol. The fraction of sp³-hybridized carbons (Fsp3) is 0.241. The molecule has 1 amide bonds. The summed E-state index contributed by atoms with van der Waals surface area (Å²) in [6.45, 7) is 3.27. The highest BCUT2D eigenvalue weighted by Gasteiger charge is 2.42. The standard InChI is InChI=1S/C29H28ClN3O3/c1-3-4-17-36-24-15-9-21(10-16-24)28-25-26(20-7-13-23(35-2)14-8-20)31-32-27(25)29(34)33(28)18-19-5-11-22(30)12-6-19/h5-16,28H,3-4,17-18H2,1-2H3,(H,31,32). The number of unbranched alkanes of at least 4 members (excludes halogenated alkanes) is 1. The molecule has 0 fully saturated rings. The van der Waals surface area contributed by atoms with Crippen LogP contribution in [0, 0.1) is 0 Å². The van der Waals surface area contributed by atoms with Crippen LogP contribution in [0.25, 0.3) is 11.3 Å². The molecule has 1 aliphatic rings. The molecule has 3 aromatic carbocycles. The van der Waals surface area contributed by atoms with Crippen LogP contribution < -0.4 is 9.47 Å². The Morgan fingerprint density at radius 1 is 0.972 bits per heavy atom. The van der Waals surface area contributed by atoms with Gasteiger partial charge in [0.05, 0.1) is 25.5 Å². The second-order valence-electron chi connectivity index (χ2n) is 8.82. The van der Waals surface area contributed by atoms with E-state index in [0.29, 0.717) is 23.9 Å². The molecular formula is C29H28ClN3O3. The highest BCUT2D eigenvalue weighted by atomic mass is 35.5. The molecule has 5 rings (SSSR count). The molecule has 0 saturated carbocycles.